The molecule has 0 saturated carbocycles. The number of carbonyl (C=O) groups excluding carboxylic acids is 1. The van der Waals surface area contributed by atoms with Gasteiger partial charge in [0.1, 0.15) is 12.1 Å². The molecule has 7 heteroatoms. The van der Waals surface area contributed by atoms with E-state index in [0.717, 1.165) is 50.5 Å². The van der Waals surface area contributed by atoms with Crippen molar-refractivity contribution in [3.63, 3.8) is 0 Å². The lowest BCUT2D eigenvalue weighted by atomic mass is 9.89. The molecule has 2 aromatic heterocycles. The Hall–Kier alpha value is -2.18. The fourth-order valence-electron chi connectivity index (χ4n) is 4.34. The molecule has 2 unspecified atom stereocenters. The number of aromatic nitrogens is 4. The average Bonchev–Trinajstić information content (AvgIpc) is 3.08. The number of amides is 1. The second-order valence-corrected chi connectivity index (χ2v) is 7.78. The Balaban J connectivity index is 1.38. The minimum Gasteiger partial charge on any atom is -0.355 e. The summed E-state index contributed by atoms with van der Waals surface area (Å²) in [7, 11) is 0. The first-order valence-electron chi connectivity index (χ1n) is 9.31. The van der Waals surface area contributed by atoms with Crippen LogP contribution in [-0.2, 0) is 4.79 Å². The summed E-state index contributed by atoms with van der Waals surface area (Å²) in [5.41, 5.74) is 0.752. The van der Waals surface area contributed by atoms with Crippen molar-refractivity contribution in [3.05, 3.63) is 18.5 Å². The molecule has 1 amide bonds. The highest BCUT2D eigenvalue weighted by atomic mass is 16.2. The average molecular weight is 342 g/mol. The quantitative estimate of drug-likeness (QED) is 0.833. The number of hydrogen-bond donors (Lipinski definition) is 0. The topological polar surface area (TPSA) is 66.6 Å². The molecule has 2 aliphatic rings. The van der Waals surface area contributed by atoms with Crippen molar-refractivity contribution in [1.29, 1.82) is 0 Å². The zero-order chi connectivity index (χ0) is 17.4. The van der Waals surface area contributed by atoms with E-state index in [-0.39, 0.29) is 5.92 Å². The van der Waals surface area contributed by atoms with Crippen LogP contribution in [0.1, 0.15) is 33.1 Å². The Labute approximate surface area is 148 Å². The van der Waals surface area contributed by atoms with Gasteiger partial charge in [-0.25, -0.2) is 0 Å². The lowest BCUT2D eigenvalue weighted by Crippen LogP contribution is -2.48. The van der Waals surface area contributed by atoms with Gasteiger partial charge in [0.2, 0.25) is 5.91 Å². The second kappa shape index (κ2) is 6.61. The van der Waals surface area contributed by atoms with E-state index < -0.39 is 0 Å². The number of piperidine rings is 2. The van der Waals surface area contributed by atoms with Crippen molar-refractivity contribution < 1.29 is 4.79 Å². The van der Waals surface area contributed by atoms with E-state index in [0.29, 0.717) is 17.7 Å². The summed E-state index contributed by atoms with van der Waals surface area (Å²) in [6.07, 6.45) is 4.66. The highest BCUT2D eigenvalue weighted by Gasteiger charge is 2.32. The maximum Gasteiger partial charge on any atom is 0.225 e. The number of hydrogen-bond acceptors (Lipinski definition) is 5. The van der Waals surface area contributed by atoms with Gasteiger partial charge < -0.3 is 9.80 Å². The van der Waals surface area contributed by atoms with Gasteiger partial charge in [-0.15, -0.1) is 15.3 Å². The second-order valence-electron chi connectivity index (χ2n) is 7.78. The molecule has 134 valence electrons. The zero-order valence-corrected chi connectivity index (χ0v) is 15.0. The van der Waals surface area contributed by atoms with Gasteiger partial charge in [-0.05, 0) is 43.2 Å². The minimum absolute atomic E-state index is 0.160. The fourth-order valence-corrected chi connectivity index (χ4v) is 4.34. The van der Waals surface area contributed by atoms with Crippen LogP contribution in [0, 0.1) is 17.8 Å². The maximum absolute atomic E-state index is 12.9. The van der Waals surface area contributed by atoms with Crippen molar-refractivity contribution in [2.75, 3.05) is 31.1 Å². The molecule has 2 aliphatic heterocycles. The predicted molar refractivity (Wildman–Crippen MR) is 95.2 cm³/mol. The third kappa shape index (κ3) is 3.32. The van der Waals surface area contributed by atoms with Gasteiger partial charge in [-0.2, -0.15) is 4.52 Å². The molecule has 7 nitrogen and oxygen atoms in total. The molecule has 25 heavy (non-hydrogen) atoms. The number of likely N-dealkylation sites (tertiary alicyclic amines) is 1. The molecule has 2 fully saturated rings. The zero-order valence-electron chi connectivity index (χ0n) is 15.0. The van der Waals surface area contributed by atoms with Crippen LogP contribution in [0.4, 0.5) is 5.82 Å². The van der Waals surface area contributed by atoms with Crippen LogP contribution < -0.4 is 4.90 Å². The van der Waals surface area contributed by atoms with Crippen LogP contribution >= 0.6 is 0 Å². The van der Waals surface area contributed by atoms with Crippen LogP contribution in [0.2, 0.25) is 0 Å². The van der Waals surface area contributed by atoms with Gasteiger partial charge in [0, 0.05) is 32.1 Å². The summed E-state index contributed by atoms with van der Waals surface area (Å²) in [6.45, 7) is 8.10. The monoisotopic (exact) mass is 342 g/mol. The van der Waals surface area contributed by atoms with Crippen LogP contribution in [0.15, 0.2) is 18.5 Å². The van der Waals surface area contributed by atoms with Crippen molar-refractivity contribution >= 4 is 17.4 Å². The largest absolute Gasteiger partial charge is 0.355 e. The number of fused-ring (bicyclic) bond motifs is 1. The molecule has 0 radical (unpaired) electrons. The Morgan fingerprint density at radius 3 is 2.56 bits per heavy atom. The molecule has 4 rings (SSSR count). The van der Waals surface area contributed by atoms with E-state index in [1.54, 1.807) is 10.8 Å². The number of rotatable bonds is 2. The molecule has 2 saturated heterocycles. The molecule has 2 aromatic rings. The summed E-state index contributed by atoms with van der Waals surface area (Å²) in [6, 6.07) is 3.92. The van der Waals surface area contributed by atoms with E-state index in [2.05, 4.69) is 38.9 Å². The molecule has 2 atom stereocenters. The van der Waals surface area contributed by atoms with Gasteiger partial charge >= 0.3 is 0 Å². The summed E-state index contributed by atoms with van der Waals surface area (Å²) in [4.78, 5) is 17.3. The van der Waals surface area contributed by atoms with Crippen molar-refractivity contribution in [1.82, 2.24) is 24.7 Å². The van der Waals surface area contributed by atoms with Crippen LogP contribution in [0.25, 0.3) is 5.65 Å². The third-order valence-corrected chi connectivity index (χ3v) is 5.50. The number of nitrogens with zero attached hydrogens (tertiary/aromatic N) is 6. The van der Waals surface area contributed by atoms with Crippen molar-refractivity contribution in [3.8, 4) is 0 Å². The van der Waals surface area contributed by atoms with Crippen LogP contribution in [0.5, 0.6) is 0 Å². The standard InChI is InChI=1S/C18H26N6O/c1-13-9-14(2)11-23(10-13)18(25)15-5-7-22(8-6-15)17-4-3-16-20-19-12-24(16)21-17/h3-4,12-15H,5-11H2,1-2H3. The molecule has 0 aromatic carbocycles. The van der Waals surface area contributed by atoms with Gasteiger partial charge in [-0.3, -0.25) is 4.79 Å². The Kier molecular flexibility index (Phi) is 4.31. The third-order valence-electron chi connectivity index (χ3n) is 5.50. The van der Waals surface area contributed by atoms with E-state index in [1.165, 1.54) is 6.42 Å². The SMILES string of the molecule is CC1CC(C)CN(C(=O)C2CCN(c3ccc4nncn4n3)CC2)C1. The number of carbonyl (C=O) groups is 1. The lowest BCUT2D eigenvalue weighted by Gasteiger charge is -2.39. The smallest absolute Gasteiger partial charge is 0.225 e. The highest BCUT2D eigenvalue weighted by Crippen LogP contribution is 2.27. The Bertz CT molecular complexity index is 741. The van der Waals surface area contributed by atoms with E-state index in [1.807, 2.05) is 12.1 Å². The summed E-state index contributed by atoms with van der Waals surface area (Å²) < 4.78 is 1.70. The van der Waals surface area contributed by atoms with Gasteiger partial charge in [0.25, 0.3) is 0 Å². The first-order chi connectivity index (χ1) is 12.1. The molecule has 4 heterocycles. The molecule has 0 spiro atoms. The normalized spacial score (nSPS) is 25.5. The minimum atomic E-state index is 0.160. The first-order valence-corrected chi connectivity index (χ1v) is 9.31. The lowest BCUT2D eigenvalue weighted by molar-refractivity contribution is -0.138. The van der Waals surface area contributed by atoms with Crippen LogP contribution in [-0.4, -0.2) is 56.8 Å². The Morgan fingerprint density at radius 1 is 1.12 bits per heavy atom. The molecular formula is C18H26N6O. The van der Waals surface area contributed by atoms with E-state index in [4.69, 9.17) is 0 Å². The fraction of sp³-hybridized carbons (Fsp3) is 0.667. The molecule has 0 bridgehead atoms. The summed E-state index contributed by atoms with van der Waals surface area (Å²) in [5, 5.41) is 12.4. The first kappa shape index (κ1) is 16.3. The maximum atomic E-state index is 12.9. The highest BCUT2D eigenvalue weighted by molar-refractivity contribution is 5.79. The molecule has 0 N–H and O–H groups in total. The van der Waals surface area contributed by atoms with Crippen LogP contribution in [0.3, 0.4) is 0 Å². The van der Waals surface area contributed by atoms with E-state index >= 15 is 0 Å². The predicted octanol–water partition coefficient (Wildman–Crippen LogP) is 1.85. The van der Waals surface area contributed by atoms with Crippen molar-refractivity contribution in [2.24, 2.45) is 17.8 Å². The Morgan fingerprint density at radius 2 is 1.84 bits per heavy atom. The van der Waals surface area contributed by atoms with Gasteiger partial charge in [0.05, 0.1) is 0 Å². The number of anilines is 1. The van der Waals surface area contributed by atoms with Gasteiger partial charge in [0.15, 0.2) is 5.65 Å². The van der Waals surface area contributed by atoms with E-state index in [9.17, 15) is 4.79 Å². The van der Waals surface area contributed by atoms with Gasteiger partial charge in [-0.1, -0.05) is 13.8 Å². The molecular weight excluding hydrogens is 316 g/mol. The molecule has 0 aliphatic carbocycles. The summed E-state index contributed by atoms with van der Waals surface area (Å²) in [5.74, 6) is 2.69. The van der Waals surface area contributed by atoms with Crippen molar-refractivity contribution in [2.45, 2.75) is 33.1 Å². The summed E-state index contributed by atoms with van der Waals surface area (Å²) >= 11 is 0.